The highest BCUT2D eigenvalue weighted by molar-refractivity contribution is 5.78. The van der Waals surface area contributed by atoms with Gasteiger partial charge in [-0.3, -0.25) is 9.69 Å². The van der Waals surface area contributed by atoms with Gasteiger partial charge in [0.1, 0.15) is 0 Å². The van der Waals surface area contributed by atoms with E-state index in [0.717, 1.165) is 26.1 Å². The average molecular weight is 185 g/mol. The quantitative estimate of drug-likeness (QED) is 0.631. The second-order valence-corrected chi connectivity index (χ2v) is 3.59. The Morgan fingerprint density at radius 2 is 2.23 bits per heavy atom. The molecule has 0 aromatic carbocycles. The fourth-order valence-corrected chi connectivity index (χ4v) is 1.74. The highest BCUT2D eigenvalue weighted by atomic mass is 16.2. The van der Waals surface area contributed by atoms with E-state index in [-0.39, 0.29) is 12.5 Å². The molecule has 1 aliphatic rings. The molecule has 1 amide bonds. The molecule has 4 nitrogen and oxygen atoms in total. The fraction of sp³-hybridized carbons (Fsp3) is 0.889. The topological polar surface area (TPSA) is 49.6 Å². The number of rotatable bonds is 2. The zero-order valence-electron chi connectivity index (χ0n) is 8.49. The molecule has 0 spiro atoms. The maximum atomic E-state index is 11.3. The Balaban J connectivity index is 2.49. The molecule has 0 aliphatic carbocycles. The monoisotopic (exact) mass is 185 g/mol. The van der Waals surface area contributed by atoms with Crippen LogP contribution in [-0.2, 0) is 4.79 Å². The van der Waals surface area contributed by atoms with Crippen molar-refractivity contribution in [2.75, 3.05) is 33.2 Å². The third kappa shape index (κ3) is 2.42. The van der Waals surface area contributed by atoms with Gasteiger partial charge in [0.05, 0.1) is 6.54 Å². The lowest BCUT2D eigenvalue weighted by molar-refractivity contribution is -0.132. The van der Waals surface area contributed by atoms with Crippen LogP contribution in [0.15, 0.2) is 0 Å². The summed E-state index contributed by atoms with van der Waals surface area (Å²) in [5, 5.41) is 0. The Morgan fingerprint density at radius 1 is 1.54 bits per heavy atom. The van der Waals surface area contributed by atoms with E-state index in [2.05, 4.69) is 18.9 Å². The van der Waals surface area contributed by atoms with Crippen molar-refractivity contribution in [1.29, 1.82) is 0 Å². The van der Waals surface area contributed by atoms with Crippen LogP contribution in [0.5, 0.6) is 0 Å². The van der Waals surface area contributed by atoms with Crippen LogP contribution in [0.3, 0.4) is 0 Å². The number of carbonyl (C=O) groups excluding carboxylic acids is 1. The molecule has 1 rings (SSSR count). The van der Waals surface area contributed by atoms with E-state index in [0.29, 0.717) is 6.04 Å². The molecule has 1 atom stereocenters. The first kappa shape index (κ1) is 10.5. The third-order valence-corrected chi connectivity index (χ3v) is 2.78. The van der Waals surface area contributed by atoms with Gasteiger partial charge < -0.3 is 10.6 Å². The molecule has 0 radical (unpaired) electrons. The van der Waals surface area contributed by atoms with Crippen LogP contribution < -0.4 is 5.73 Å². The summed E-state index contributed by atoms with van der Waals surface area (Å²) < 4.78 is 0. The summed E-state index contributed by atoms with van der Waals surface area (Å²) >= 11 is 0. The van der Waals surface area contributed by atoms with Crippen molar-refractivity contribution in [3.05, 3.63) is 0 Å². The van der Waals surface area contributed by atoms with Crippen molar-refractivity contribution < 1.29 is 4.79 Å². The zero-order chi connectivity index (χ0) is 9.84. The normalized spacial score (nSPS) is 24.8. The van der Waals surface area contributed by atoms with E-state index in [1.165, 1.54) is 0 Å². The van der Waals surface area contributed by atoms with E-state index in [4.69, 9.17) is 5.73 Å². The van der Waals surface area contributed by atoms with Gasteiger partial charge in [0.25, 0.3) is 0 Å². The lowest BCUT2D eigenvalue weighted by atomic mass is 10.1. The van der Waals surface area contributed by atoms with E-state index in [1.54, 1.807) is 0 Å². The Morgan fingerprint density at radius 3 is 2.77 bits per heavy atom. The van der Waals surface area contributed by atoms with Crippen molar-refractivity contribution >= 4 is 5.91 Å². The van der Waals surface area contributed by atoms with Gasteiger partial charge in [0.2, 0.25) is 5.91 Å². The van der Waals surface area contributed by atoms with Crippen LogP contribution in [0.25, 0.3) is 0 Å². The minimum atomic E-state index is 0.0755. The van der Waals surface area contributed by atoms with Crippen LogP contribution in [0.4, 0.5) is 0 Å². The first-order chi connectivity index (χ1) is 6.19. The van der Waals surface area contributed by atoms with Crippen LogP contribution >= 0.6 is 0 Å². The molecule has 0 bridgehead atoms. The number of carbonyl (C=O) groups is 1. The molecular formula is C9H19N3O. The smallest absolute Gasteiger partial charge is 0.236 e. The van der Waals surface area contributed by atoms with E-state index in [9.17, 15) is 4.79 Å². The predicted molar refractivity (Wildman–Crippen MR) is 52.3 cm³/mol. The predicted octanol–water partition coefficient (Wildman–Crippen LogP) is -0.502. The summed E-state index contributed by atoms with van der Waals surface area (Å²) in [6.45, 7) is 4.91. The van der Waals surface area contributed by atoms with E-state index < -0.39 is 0 Å². The number of hydrogen-bond acceptors (Lipinski definition) is 3. The van der Waals surface area contributed by atoms with Crippen LogP contribution in [0, 0.1) is 0 Å². The largest absolute Gasteiger partial charge is 0.339 e. The van der Waals surface area contributed by atoms with Gasteiger partial charge in [-0.1, -0.05) is 6.92 Å². The third-order valence-electron chi connectivity index (χ3n) is 2.78. The summed E-state index contributed by atoms with van der Waals surface area (Å²) in [4.78, 5) is 15.5. The summed E-state index contributed by atoms with van der Waals surface area (Å²) in [5.41, 5.74) is 5.32. The number of likely N-dealkylation sites (N-methyl/N-ethyl adjacent to an activating group) is 1. The summed E-state index contributed by atoms with van der Waals surface area (Å²) in [6.07, 6.45) is 1.09. The standard InChI is InChI=1S/C9H19N3O/c1-3-8-7-12(9(13)6-10)5-4-11(8)2/h8H,3-7,10H2,1-2H3. The molecule has 0 aromatic heterocycles. The van der Waals surface area contributed by atoms with Gasteiger partial charge in [-0.2, -0.15) is 0 Å². The molecule has 1 saturated heterocycles. The van der Waals surface area contributed by atoms with Crippen molar-refractivity contribution in [1.82, 2.24) is 9.80 Å². The fourth-order valence-electron chi connectivity index (χ4n) is 1.74. The first-order valence-corrected chi connectivity index (χ1v) is 4.87. The molecule has 13 heavy (non-hydrogen) atoms. The average Bonchev–Trinajstić information content (AvgIpc) is 2.17. The Kier molecular flexibility index (Phi) is 3.69. The highest BCUT2D eigenvalue weighted by Crippen LogP contribution is 2.10. The maximum absolute atomic E-state index is 11.3. The van der Waals surface area contributed by atoms with Crippen LogP contribution in [-0.4, -0.2) is 55.0 Å². The second kappa shape index (κ2) is 4.58. The summed E-state index contributed by atoms with van der Waals surface area (Å²) in [5.74, 6) is 0.0755. The number of piperazine rings is 1. The molecule has 2 N–H and O–H groups in total. The molecule has 4 heteroatoms. The Hall–Kier alpha value is -0.610. The molecule has 1 heterocycles. The molecule has 1 unspecified atom stereocenters. The van der Waals surface area contributed by atoms with Gasteiger partial charge in [-0.05, 0) is 13.5 Å². The molecule has 0 saturated carbocycles. The lowest BCUT2D eigenvalue weighted by Crippen LogP contribution is -2.54. The van der Waals surface area contributed by atoms with Crippen LogP contribution in [0.2, 0.25) is 0 Å². The molecule has 1 fully saturated rings. The molecular weight excluding hydrogens is 166 g/mol. The van der Waals surface area contributed by atoms with Gasteiger partial charge in [0.15, 0.2) is 0 Å². The summed E-state index contributed by atoms with van der Waals surface area (Å²) in [7, 11) is 2.11. The van der Waals surface area contributed by atoms with Crippen molar-refractivity contribution in [3.8, 4) is 0 Å². The molecule has 76 valence electrons. The minimum Gasteiger partial charge on any atom is -0.339 e. The number of hydrogen-bond donors (Lipinski definition) is 1. The zero-order valence-corrected chi connectivity index (χ0v) is 8.49. The molecule has 0 aromatic rings. The van der Waals surface area contributed by atoms with Gasteiger partial charge in [-0.15, -0.1) is 0 Å². The van der Waals surface area contributed by atoms with Crippen molar-refractivity contribution in [2.45, 2.75) is 19.4 Å². The lowest BCUT2D eigenvalue weighted by Gasteiger charge is -2.38. The van der Waals surface area contributed by atoms with Gasteiger partial charge >= 0.3 is 0 Å². The van der Waals surface area contributed by atoms with Gasteiger partial charge in [0, 0.05) is 25.7 Å². The van der Waals surface area contributed by atoms with E-state index in [1.807, 2.05) is 4.90 Å². The summed E-state index contributed by atoms with van der Waals surface area (Å²) in [6, 6.07) is 0.504. The minimum absolute atomic E-state index is 0.0755. The van der Waals surface area contributed by atoms with Crippen molar-refractivity contribution in [2.24, 2.45) is 5.73 Å². The SMILES string of the molecule is CCC1CN(C(=O)CN)CCN1C. The molecule has 1 aliphatic heterocycles. The van der Waals surface area contributed by atoms with E-state index >= 15 is 0 Å². The number of nitrogens with zero attached hydrogens (tertiary/aromatic N) is 2. The van der Waals surface area contributed by atoms with Crippen LogP contribution in [0.1, 0.15) is 13.3 Å². The Bertz CT molecular complexity index is 184. The highest BCUT2D eigenvalue weighted by Gasteiger charge is 2.24. The Labute approximate surface area is 79.7 Å². The number of nitrogens with two attached hydrogens (primary N) is 1. The van der Waals surface area contributed by atoms with Gasteiger partial charge in [-0.25, -0.2) is 0 Å². The number of amides is 1. The maximum Gasteiger partial charge on any atom is 0.236 e. The first-order valence-electron chi connectivity index (χ1n) is 4.87. The van der Waals surface area contributed by atoms with Crippen molar-refractivity contribution in [3.63, 3.8) is 0 Å². The second-order valence-electron chi connectivity index (χ2n) is 3.59.